The number of hydrogen-bond acceptors (Lipinski definition) is 3. The van der Waals surface area contributed by atoms with Crippen LogP contribution in [-0.4, -0.2) is 13.7 Å². The van der Waals surface area contributed by atoms with Gasteiger partial charge >= 0.3 is 0 Å². The zero-order chi connectivity index (χ0) is 13.7. The van der Waals surface area contributed by atoms with Gasteiger partial charge in [-0.1, -0.05) is 29.8 Å². The third-order valence-electron chi connectivity index (χ3n) is 3.00. The molecule has 0 saturated heterocycles. The summed E-state index contributed by atoms with van der Waals surface area (Å²) in [5.41, 5.74) is 8.11. The highest BCUT2D eigenvalue weighted by Crippen LogP contribution is 2.23. The molecule has 2 N–H and O–H groups in total. The molecule has 2 aromatic rings. The topological polar surface area (TPSA) is 44.5 Å². The van der Waals surface area contributed by atoms with Crippen LogP contribution in [0.2, 0.25) is 0 Å². The van der Waals surface area contributed by atoms with E-state index in [4.69, 9.17) is 15.2 Å². The van der Waals surface area contributed by atoms with Gasteiger partial charge in [-0.25, -0.2) is 0 Å². The Morgan fingerprint density at radius 2 is 1.53 bits per heavy atom. The van der Waals surface area contributed by atoms with Crippen LogP contribution in [0.4, 0.5) is 0 Å². The van der Waals surface area contributed by atoms with E-state index in [-0.39, 0.29) is 6.10 Å². The van der Waals surface area contributed by atoms with Crippen molar-refractivity contribution in [1.29, 1.82) is 0 Å². The first-order chi connectivity index (χ1) is 9.22. The minimum absolute atomic E-state index is 0.131. The monoisotopic (exact) mass is 257 g/mol. The molecule has 0 radical (unpaired) electrons. The molecule has 3 heteroatoms. The summed E-state index contributed by atoms with van der Waals surface area (Å²) in [6, 6.07) is 15.7. The SMILES string of the molecule is COc1ccc(OC(CN)c2ccc(C)cc2)cc1. The van der Waals surface area contributed by atoms with Crippen molar-refractivity contribution in [2.75, 3.05) is 13.7 Å². The van der Waals surface area contributed by atoms with E-state index in [0.29, 0.717) is 6.54 Å². The fourth-order valence-electron chi connectivity index (χ4n) is 1.85. The summed E-state index contributed by atoms with van der Waals surface area (Å²) in [4.78, 5) is 0. The van der Waals surface area contributed by atoms with Crippen LogP contribution >= 0.6 is 0 Å². The summed E-state index contributed by atoms with van der Waals surface area (Å²) in [6.45, 7) is 2.50. The molecule has 0 aromatic heterocycles. The Kier molecular flexibility index (Phi) is 4.42. The van der Waals surface area contributed by atoms with Crippen LogP contribution in [-0.2, 0) is 0 Å². The highest BCUT2D eigenvalue weighted by molar-refractivity contribution is 5.32. The van der Waals surface area contributed by atoms with Gasteiger partial charge in [0, 0.05) is 6.54 Å². The van der Waals surface area contributed by atoms with E-state index < -0.39 is 0 Å². The van der Waals surface area contributed by atoms with Gasteiger partial charge in [0.2, 0.25) is 0 Å². The predicted molar refractivity (Wildman–Crippen MR) is 76.6 cm³/mol. The number of hydrogen-bond donors (Lipinski definition) is 1. The molecule has 100 valence electrons. The van der Waals surface area contributed by atoms with Crippen LogP contribution in [0.3, 0.4) is 0 Å². The van der Waals surface area contributed by atoms with E-state index in [9.17, 15) is 0 Å². The van der Waals surface area contributed by atoms with Gasteiger partial charge in [-0.2, -0.15) is 0 Å². The number of benzene rings is 2. The second-order valence-corrected chi connectivity index (χ2v) is 4.43. The van der Waals surface area contributed by atoms with Crippen molar-refractivity contribution in [2.45, 2.75) is 13.0 Å². The van der Waals surface area contributed by atoms with E-state index >= 15 is 0 Å². The largest absolute Gasteiger partial charge is 0.497 e. The Morgan fingerprint density at radius 3 is 2.05 bits per heavy atom. The van der Waals surface area contributed by atoms with Crippen LogP contribution in [0.1, 0.15) is 17.2 Å². The molecular formula is C16H19NO2. The maximum Gasteiger partial charge on any atom is 0.136 e. The number of methoxy groups -OCH3 is 1. The van der Waals surface area contributed by atoms with Gasteiger partial charge in [0.15, 0.2) is 0 Å². The second-order valence-electron chi connectivity index (χ2n) is 4.43. The number of aryl methyl sites for hydroxylation is 1. The molecule has 0 aliphatic heterocycles. The normalized spacial score (nSPS) is 11.9. The van der Waals surface area contributed by atoms with Crippen LogP contribution in [0.5, 0.6) is 11.5 Å². The highest BCUT2D eigenvalue weighted by Gasteiger charge is 2.11. The Balaban J connectivity index is 2.11. The molecule has 3 nitrogen and oxygen atoms in total. The minimum Gasteiger partial charge on any atom is -0.497 e. The summed E-state index contributed by atoms with van der Waals surface area (Å²) in [6.07, 6.45) is -0.131. The highest BCUT2D eigenvalue weighted by atomic mass is 16.5. The lowest BCUT2D eigenvalue weighted by atomic mass is 10.1. The van der Waals surface area contributed by atoms with Crippen LogP contribution in [0, 0.1) is 6.92 Å². The van der Waals surface area contributed by atoms with Crippen LogP contribution in [0.15, 0.2) is 48.5 Å². The van der Waals surface area contributed by atoms with Crippen molar-refractivity contribution < 1.29 is 9.47 Å². The molecule has 0 amide bonds. The standard InChI is InChI=1S/C16H19NO2/c1-12-3-5-13(6-4-12)16(11-17)19-15-9-7-14(18-2)8-10-15/h3-10,16H,11,17H2,1-2H3. The van der Waals surface area contributed by atoms with E-state index in [1.54, 1.807) is 7.11 Å². The van der Waals surface area contributed by atoms with Gasteiger partial charge in [0.1, 0.15) is 17.6 Å². The molecule has 2 aromatic carbocycles. The van der Waals surface area contributed by atoms with Gasteiger partial charge in [-0.05, 0) is 36.8 Å². The summed E-state index contributed by atoms with van der Waals surface area (Å²) in [5.74, 6) is 1.60. The average molecular weight is 257 g/mol. The quantitative estimate of drug-likeness (QED) is 0.895. The Labute approximate surface area is 114 Å². The maximum absolute atomic E-state index is 5.91. The molecule has 2 rings (SSSR count). The summed E-state index contributed by atoms with van der Waals surface area (Å²) in [5, 5.41) is 0. The molecule has 0 fully saturated rings. The predicted octanol–water partition coefficient (Wildman–Crippen LogP) is 3.08. The maximum atomic E-state index is 5.91. The molecule has 19 heavy (non-hydrogen) atoms. The second kappa shape index (κ2) is 6.25. The first kappa shape index (κ1) is 13.4. The summed E-state index contributed by atoms with van der Waals surface area (Å²) >= 11 is 0. The van der Waals surface area contributed by atoms with E-state index in [0.717, 1.165) is 17.1 Å². The minimum atomic E-state index is -0.131. The van der Waals surface area contributed by atoms with Crippen molar-refractivity contribution in [2.24, 2.45) is 5.73 Å². The number of rotatable bonds is 5. The lowest BCUT2D eigenvalue weighted by molar-refractivity contribution is 0.214. The van der Waals surface area contributed by atoms with Crippen molar-refractivity contribution >= 4 is 0 Å². The van der Waals surface area contributed by atoms with Crippen molar-refractivity contribution in [3.8, 4) is 11.5 Å². The molecule has 1 atom stereocenters. The van der Waals surface area contributed by atoms with E-state index in [1.165, 1.54) is 5.56 Å². The molecule has 0 bridgehead atoms. The summed E-state index contributed by atoms with van der Waals surface area (Å²) in [7, 11) is 1.64. The lowest BCUT2D eigenvalue weighted by Gasteiger charge is -2.18. The van der Waals surface area contributed by atoms with Crippen molar-refractivity contribution in [1.82, 2.24) is 0 Å². The van der Waals surface area contributed by atoms with Crippen LogP contribution in [0.25, 0.3) is 0 Å². The smallest absolute Gasteiger partial charge is 0.136 e. The van der Waals surface area contributed by atoms with Gasteiger partial charge < -0.3 is 15.2 Å². The average Bonchev–Trinajstić information content (AvgIpc) is 2.46. The van der Waals surface area contributed by atoms with Gasteiger partial charge in [-0.15, -0.1) is 0 Å². The zero-order valence-corrected chi connectivity index (χ0v) is 11.3. The van der Waals surface area contributed by atoms with Crippen molar-refractivity contribution in [3.63, 3.8) is 0 Å². The van der Waals surface area contributed by atoms with Gasteiger partial charge in [0.05, 0.1) is 7.11 Å². The number of nitrogens with two attached hydrogens (primary N) is 1. The Morgan fingerprint density at radius 1 is 0.947 bits per heavy atom. The van der Waals surface area contributed by atoms with Gasteiger partial charge in [-0.3, -0.25) is 0 Å². The molecule has 0 heterocycles. The lowest BCUT2D eigenvalue weighted by Crippen LogP contribution is -2.18. The third kappa shape index (κ3) is 3.48. The third-order valence-corrected chi connectivity index (χ3v) is 3.00. The molecule has 1 unspecified atom stereocenters. The molecule has 0 aliphatic rings. The first-order valence-electron chi connectivity index (χ1n) is 6.30. The fourth-order valence-corrected chi connectivity index (χ4v) is 1.85. The molecule has 0 spiro atoms. The Hall–Kier alpha value is -2.00. The zero-order valence-electron chi connectivity index (χ0n) is 11.3. The first-order valence-corrected chi connectivity index (χ1v) is 6.30. The van der Waals surface area contributed by atoms with Crippen LogP contribution < -0.4 is 15.2 Å². The fraction of sp³-hybridized carbons (Fsp3) is 0.250. The number of ether oxygens (including phenoxy) is 2. The van der Waals surface area contributed by atoms with E-state index in [1.807, 2.05) is 24.3 Å². The molecule has 0 aliphatic carbocycles. The Bertz CT molecular complexity index is 505. The van der Waals surface area contributed by atoms with Crippen molar-refractivity contribution in [3.05, 3.63) is 59.7 Å². The summed E-state index contributed by atoms with van der Waals surface area (Å²) < 4.78 is 11.0. The molecular weight excluding hydrogens is 238 g/mol. The van der Waals surface area contributed by atoms with Gasteiger partial charge in [0.25, 0.3) is 0 Å². The molecule has 0 saturated carbocycles. The van der Waals surface area contributed by atoms with E-state index in [2.05, 4.69) is 31.2 Å².